The first-order chi connectivity index (χ1) is 11.2. The Morgan fingerprint density at radius 3 is 2.70 bits per heavy atom. The van der Waals surface area contributed by atoms with Gasteiger partial charge in [0.05, 0.1) is 16.7 Å². The average molecular weight is 328 g/mol. The van der Waals surface area contributed by atoms with E-state index in [1.54, 1.807) is 18.5 Å². The van der Waals surface area contributed by atoms with Crippen molar-refractivity contribution in [2.24, 2.45) is 5.92 Å². The highest BCUT2D eigenvalue weighted by molar-refractivity contribution is 6.32. The quantitative estimate of drug-likeness (QED) is 0.936. The number of hydrogen-bond donors (Lipinski definition) is 1. The number of hydrogen-bond acceptors (Lipinski definition) is 4. The van der Waals surface area contributed by atoms with Crippen LogP contribution in [0.1, 0.15) is 30.1 Å². The van der Waals surface area contributed by atoms with Gasteiger partial charge in [-0.15, -0.1) is 0 Å². The summed E-state index contributed by atoms with van der Waals surface area (Å²) in [6, 6.07) is 11.4. The summed E-state index contributed by atoms with van der Waals surface area (Å²) < 4.78 is 0. The van der Waals surface area contributed by atoms with E-state index in [1.807, 2.05) is 24.3 Å². The van der Waals surface area contributed by atoms with Gasteiger partial charge in [0.1, 0.15) is 6.07 Å². The Labute approximate surface area is 141 Å². The molecular weight excluding hydrogens is 310 g/mol. The normalized spacial score (nSPS) is 16.8. The molecule has 2 aromatic rings. The van der Waals surface area contributed by atoms with Gasteiger partial charge in [-0.3, -0.25) is 4.98 Å². The predicted octanol–water partition coefficient (Wildman–Crippen LogP) is 3.56. The molecule has 1 N–H and O–H groups in total. The summed E-state index contributed by atoms with van der Waals surface area (Å²) in [6.07, 6.45) is 4.81. The third-order valence-electron chi connectivity index (χ3n) is 4.45. The van der Waals surface area contributed by atoms with Crippen molar-refractivity contribution in [1.29, 1.82) is 5.26 Å². The highest BCUT2D eigenvalue weighted by Gasteiger charge is 2.26. The summed E-state index contributed by atoms with van der Waals surface area (Å²) in [6.45, 7) is 1.73. The van der Waals surface area contributed by atoms with E-state index in [9.17, 15) is 5.11 Å². The van der Waals surface area contributed by atoms with Crippen molar-refractivity contribution in [3.8, 4) is 6.07 Å². The van der Waals surface area contributed by atoms with Crippen molar-refractivity contribution >= 4 is 17.3 Å². The first-order valence-corrected chi connectivity index (χ1v) is 8.09. The summed E-state index contributed by atoms with van der Waals surface area (Å²) in [4.78, 5) is 6.33. The van der Waals surface area contributed by atoms with Gasteiger partial charge < -0.3 is 10.0 Å². The number of benzene rings is 1. The summed E-state index contributed by atoms with van der Waals surface area (Å²) in [5.74, 6) is 0.240. The lowest BCUT2D eigenvalue weighted by Crippen LogP contribution is -2.35. The second-order valence-corrected chi connectivity index (χ2v) is 6.24. The van der Waals surface area contributed by atoms with E-state index in [2.05, 4.69) is 16.0 Å². The highest BCUT2D eigenvalue weighted by Crippen LogP contribution is 2.33. The zero-order chi connectivity index (χ0) is 16.2. The van der Waals surface area contributed by atoms with E-state index in [-0.39, 0.29) is 5.92 Å². The fourth-order valence-electron chi connectivity index (χ4n) is 3.09. The lowest BCUT2D eigenvalue weighted by Gasteiger charge is -2.35. The van der Waals surface area contributed by atoms with Gasteiger partial charge >= 0.3 is 0 Å². The van der Waals surface area contributed by atoms with Crippen LogP contribution < -0.4 is 4.90 Å². The molecule has 118 valence electrons. The maximum absolute atomic E-state index is 10.5. The molecule has 1 atom stereocenters. The topological polar surface area (TPSA) is 60.2 Å². The molecule has 5 heteroatoms. The molecule has 2 heterocycles. The molecule has 23 heavy (non-hydrogen) atoms. The monoisotopic (exact) mass is 327 g/mol. The molecule has 3 rings (SSSR count). The molecule has 1 unspecified atom stereocenters. The Kier molecular flexibility index (Phi) is 4.80. The highest BCUT2D eigenvalue weighted by atomic mass is 35.5. The third kappa shape index (κ3) is 3.47. The molecule has 0 saturated carbocycles. The molecule has 1 aliphatic heterocycles. The number of rotatable bonds is 3. The predicted molar refractivity (Wildman–Crippen MR) is 90.3 cm³/mol. The number of aromatic nitrogens is 1. The number of piperidine rings is 1. The van der Waals surface area contributed by atoms with Gasteiger partial charge in [-0.05, 0) is 48.6 Å². The summed E-state index contributed by atoms with van der Waals surface area (Å²) in [5.41, 5.74) is 2.41. The smallest absolute Gasteiger partial charge is 0.101 e. The number of nitriles is 1. The van der Waals surface area contributed by atoms with E-state index in [4.69, 9.17) is 16.9 Å². The largest absolute Gasteiger partial charge is 0.388 e. The van der Waals surface area contributed by atoms with Crippen molar-refractivity contribution in [2.75, 3.05) is 18.0 Å². The average Bonchev–Trinajstić information content (AvgIpc) is 2.62. The second kappa shape index (κ2) is 6.99. The number of nitrogens with zero attached hydrogens (tertiary/aromatic N) is 3. The maximum Gasteiger partial charge on any atom is 0.101 e. The van der Waals surface area contributed by atoms with Gasteiger partial charge in [0, 0.05) is 31.2 Å². The molecule has 1 aliphatic rings. The lowest BCUT2D eigenvalue weighted by atomic mass is 9.88. The van der Waals surface area contributed by atoms with Gasteiger partial charge in [0.2, 0.25) is 0 Å². The van der Waals surface area contributed by atoms with E-state index in [0.717, 1.165) is 37.2 Å². The van der Waals surface area contributed by atoms with Crippen LogP contribution in [0.25, 0.3) is 0 Å². The summed E-state index contributed by atoms with van der Waals surface area (Å²) >= 11 is 6.11. The van der Waals surface area contributed by atoms with E-state index < -0.39 is 6.10 Å². The first kappa shape index (κ1) is 15.8. The van der Waals surface area contributed by atoms with E-state index >= 15 is 0 Å². The second-order valence-electron chi connectivity index (χ2n) is 5.83. The van der Waals surface area contributed by atoms with Crippen molar-refractivity contribution in [2.45, 2.75) is 18.9 Å². The van der Waals surface area contributed by atoms with Gasteiger partial charge in [0.25, 0.3) is 0 Å². The van der Waals surface area contributed by atoms with Crippen LogP contribution in [-0.4, -0.2) is 23.2 Å². The number of aliphatic hydroxyl groups is 1. The summed E-state index contributed by atoms with van der Waals surface area (Å²) in [7, 11) is 0. The minimum Gasteiger partial charge on any atom is -0.388 e. The fraction of sp³-hybridized carbons (Fsp3) is 0.333. The van der Waals surface area contributed by atoms with Crippen LogP contribution in [0.5, 0.6) is 0 Å². The maximum atomic E-state index is 10.5. The van der Waals surface area contributed by atoms with Crippen molar-refractivity contribution < 1.29 is 5.11 Å². The Hall–Kier alpha value is -2.09. The van der Waals surface area contributed by atoms with Crippen molar-refractivity contribution in [1.82, 2.24) is 4.98 Å². The molecule has 1 saturated heterocycles. The molecule has 1 aromatic carbocycles. The Bertz CT molecular complexity index is 706. The molecule has 0 amide bonds. The Balaban J connectivity index is 1.64. The molecule has 0 spiro atoms. The standard InChI is InChI=1S/C18H18ClN3O/c19-17-10-16(4-3-14(17)11-20)22-8-5-13(6-9-22)18(23)15-2-1-7-21-12-15/h1-4,7,10,12-13,18,23H,5-6,8-9H2. The molecular formula is C18H18ClN3O. The number of aliphatic hydroxyl groups excluding tert-OH is 1. The molecule has 0 radical (unpaired) electrons. The minimum atomic E-state index is -0.463. The minimum absolute atomic E-state index is 0.240. The van der Waals surface area contributed by atoms with Crippen LogP contribution in [0.4, 0.5) is 5.69 Å². The Morgan fingerprint density at radius 1 is 1.30 bits per heavy atom. The number of pyridine rings is 1. The van der Waals surface area contributed by atoms with Crippen LogP contribution in [0.3, 0.4) is 0 Å². The van der Waals surface area contributed by atoms with Crippen LogP contribution >= 0.6 is 11.6 Å². The number of halogens is 1. The first-order valence-electron chi connectivity index (χ1n) is 7.71. The fourth-order valence-corrected chi connectivity index (χ4v) is 3.30. The number of anilines is 1. The molecule has 4 nitrogen and oxygen atoms in total. The van der Waals surface area contributed by atoms with Crippen LogP contribution in [0.2, 0.25) is 5.02 Å². The molecule has 0 bridgehead atoms. The van der Waals surface area contributed by atoms with E-state index in [1.165, 1.54) is 0 Å². The zero-order valence-corrected chi connectivity index (χ0v) is 13.4. The van der Waals surface area contributed by atoms with Crippen molar-refractivity contribution in [3.05, 3.63) is 58.9 Å². The lowest BCUT2D eigenvalue weighted by molar-refractivity contribution is 0.0926. The molecule has 1 aromatic heterocycles. The van der Waals surface area contributed by atoms with Crippen LogP contribution in [-0.2, 0) is 0 Å². The van der Waals surface area contributed by atoms with Crippen LogP contribution in [0, 0.1) is 17.2 Å². The SMILES string of the molecule is N#Cc1ccc(N2CCC(C(O)c3cccnc3)CC2)cc1Cl. The Morgan fingerprint density at radius 2 is 2.09 bits per heavy atom. The van der Waals surface area contributed by atoms with Gasteiger partial charge in [-0.2, -0.15) is 5.26 Å². The zero-order valence-electron chi connectivity index (χ0n) is 12.7. The molecule has 1 fully saturated rings. The third-order valence-corrected chi connectivity index (χ3v) is 4.76. The van der Waals surface area contributed by atoms with Crippen LogP contribution in [0.15, 0.2) is 42.7 Å². The summed E-state index contributed by atoms with van der Waals surface area (Å²) in [5, 5.41) is 19.9. The van der Waals surface area contributed by atoms with Gasteiger partial charge in [0.15, 0.2) is 0 Å². The molecule has 0 aliphatic carbocycles. The van der Waals surface area contributed by atoms with Gasteiger partial charge in [-0.25, -0.2) is 0 Å². The van der Waals surface area contributed by atoms with E-state index in [0.29, 0.717) is 10.6 Å². The van der Waals surface area contributed by atoms with Gasteiger partial charge in [-0.1, -0.05) is 17.7 Å². The van der Waals surface area contributed by atoms with Crippen molar-refractivity contribution in [3.63, 3.8) is 0 Å².